The van der Waals surface area contributed by atoms with Gasteiger partial charge in [-0.15, -0.1) is 0 Å². The zero-order chi connectivity index (χ0) is 24.3. The van der Waals surface area contributed by atoms with Crippen LogP contribution in [0.15, 0.2) is 0 Å². The predicted molar refractivity (Wildman–Crippen MR) is 119 cm³/mol. The van der Waals surface area contributed by atoms with Crippen LogP contribution in [0.5, 0.6) is 0 Å². The van der Waals surface area contributed by atoms with Gasteiger partial charge in [0.15, 0.2) is 0 Å². The zero-order valence-corrected chi connectivity index (χ0v) is 19.5. The molecule has 0 aromatic carbocycles. The van der Waals surface area contributed by atoms with E-state index in [4.69, 9.17) is 5.11 Å². The zero-order valence-electron chi connectivity index (χ0n) is 18.7. The highest BCUT2D eigenvalue weighted by Crippen LogP contribution is 2.09. The van der Waals surface area contributed by atoms with Crippen LogP contribution in [0.2, 0.25) is 0 Å². The summed E-state index contributed by atoms with van der Waals surface area (Å²) >= 11 is 1.44. The molecule has 1 saturated heterocycles. The van der Waals surface area contributed by atoms with Gasteiger partial charge in [-0.05, 0) is 50.2 Å². The maximum atomic E-state index is 12.8. The van der Waals surface area contributed by atoms with Gasteiger partial charge < -0.3 is 31.5 Å². The molecule has 32 heavy (non-hydrogen) atoms. The van der Waals surface area contributed by atoms with Crippen LogP contribution in [0, 0.1) is 5.92 Å². The van der Waals surface area contributed by atoms with Crippen molar-refractivity contribution >= 4 is 41.4 Å². The van der Waals surface area contributed by atoms with Crippen LogP contribution in [-0.4, -0.2) is 82.6 Å². The van der Waals surface area contributed by atoms with Crippen LogP contribution in [0.3, 0.4) is 0 Å². The number of nitrogens with one attached hydrogen (secondary N) is 4. The Morgan fingerprint density at radius 2 is 1.62 bits per heavy atom. The fraction of sp³-hybridized carbons (Fsp3) is 0.750. The van der Waals surface area contributed by atoms with Crippen LogP contribution in [0.1, 0.15) is 46.0 Å². The number of aliphatic carboxylic acids is 2. The fourth-order valence-corrected chi connectivity index (χ4v) is 3.78. The van der Waals surface area contributed by atoms with E-state index in [0.717, 1.165) is 6.42 Å². The number of hydrogen-bond acceptors (Lipinski definition) is 7. The third kappa shape index (κ3) is 9.86. The predicted octanol–water partition coefficient (Wildman–Crippen LogP) is -0.449. The normalized spacial score (nSPS) is 18.4. The Morgan fingerprint density at radius 3 is 2.12 bits per heavy atom. The number of carboxylic acid groups (broad SMARTS) is 2. The standard InChI is InChI=1S/C20H34N4O7S/c1-11(2)9-14(18(28)22-13(20(30)31)6-8-32-3)23-19(29)15(10-16(25)26)24-17(27)12-5-4-7-21-12/h11-15,21H,4-10H2,1-3H3,(H,22,28)(H,23,29)(H,24,27)(H,25,26)(H,30,31). The molecule has 1 aliphatic rings. The Hall–Kier alpha value is -2.34. The highest BCUT2D eigenvalue weighted by atomic mass is 32.2. The van der Waals surface area contributed by atoms with E-state index in [0.29, 0.717) is 18.7 Å². The van der Waals surface area contributed by atoms with Crippen molar-refractivity contribution in [1.82, 2.24) is 21.3 Å². The Balaban J connectivity index is 2.90. The second-order valence-corrected chi connectivity index (χ2v) is 9.17. The van der Waals surface area contributed by atoms with E-state index in [1.54, 1.807) is 0 Å². The maximum Gasteiger partial charge on any atom is 0.326 e. The topological polar surface area (TPSA) is 174 Å². The van der Waals surface area contributed by atoms with Crippen molar-refractivity contribution in [1.29, 1.82) is 0 Å². The molecule has 0 aliphatic carbocycles. The molecule has 1 fully saturated rings. The van der Waals surface area contributed by atoms with Crippen molar-refractivity contribution in [2.24, 2.45) is 5.92 Å². The lowest BCUT2D eigenvalue weighted by atomic mass is 10.0. The molecule has 0 spiro atoms. The molecule has 0 saturated carbocycles. The molecular formula is C20H34N4O7S. The Kier molecular flexibility index (Phi) is 12.1. The number of thioether (sulfide) groups is 1. The van der Waals surface area contributed by atoms with E-state index in [1.165, 1.54) is 11.8 Å². The lowest BCUT2D eigenvalue weighted by Crippen LogP contribution is -2.57. The lowest BCUT2D eigenvalue weighted by molar-refractivity contribution is -0.143. The number of carbonyl (C=O) groups is 5. The molecule has 1 rings (SSSR count). The molecule has 1 heterocycles. The van der Waals surface area contributed by atoms with Gasteiger partial charge in [0.1, 0.15) is 18.1 Å². The third-order valence-corrected chi connectivity index (χ3v) is 5.60. The molecular weight excluding hydrogens is 440 g/mol. The number of hydrogen-bond donors (Lipinski definition) is 6. The van der Waals surface area contributed by atoms with Gasteiger partial charge in [0.2, 0.25) is 17.7 Å². The lowest BCUT2D eigenvalue weighted by Gasteiger charge is -2.25. The Bertz CT molecular complexity index is 683. The van der Waals surface area contributed by atoms with Crippen LogP contribution < -0.4 is 21.3 Å². The average molecular weight is 475 g/mol. The van der Waals surface area contributed by atoms with Crippen molar-refractivity contribution in [3.8, 4) is 0 Å². The first-order valence-electron chi connectivity index (χ1n) is 10.6. The van der Waals surface area contributed by atoms with E-state index in [9.17, 15) is 29.1 Å². The summed E-state index contributed by atoms with van der Waals surface area (Å²) in [7, 11) is 0. The summed E-state index contributed by atoms with van der Waals surface area (Å²) in [5.74, 6) is -3.90. The minimum Gasteiger partial charge on any atom is -0.481 e. The fourth-order valence-electron chi connectivity index (χ4n) is 3.31. The third-order valence-electron chi connectivity index (χ3n) is 4.95. The largest absolute Gasteiger partial charge is 0.481 e. The Morgan fingerprint density at radius 1 is 1.00 bits per heavy atom. The number of carboxylic acids is 2. The van der Waals surface area contributed by atoms with Crippen LogP contribution in [0.4, 0.5) is 0 Å². The molecule has 12 heteroatoms. The summed E-state index contributed by atoms with van der Waals surface area (Å²) in [6.45, 7) is 4.32. The first kappa shape index (κ1) is 27.7. The smallest absolute Gasteiger partial charge is 0.326 e. The molecule has 4 atom stereocenters. The first-order valence-corrected chi connectivity index (χ1v) is 12.0. The van der Waals surface area contributed by atoms with Crippen molar-refractivity contribution in [2.75, 3.05) is 18.6 Å². The van der Waals surface area contributed by atoms with Gasteiger partial charge in [-0.2, -0.15) is 11.8 Å². The van der Waals surface area contributed by atoms with Gasteiger partial charge >= 0.3 is 11.9 Å². The number of carbonyl (C=O) groups excluding carboxylic acids is 3. The minimum atomic E-state index is -1.36. The molecule has 1 aliphatic heterocycles. The summed E-state index contributed by atoms with van der Waals surface area (Å²) in [4.78, 5) is 60.6. The van der Waals surface area contributed by atoms with Gasteiger partial charge in [0.05, 0.1) is 12.5 Å². The van der Waals surface area contributed by atoms with Crippen LogP contribution in [0.25, 0.3) is 0 Å². The van der Waals surface area contributed by atoms with E-state index in [-0.39, 0.29) is 18.8 Å². The molecule has 0 aromatic rings. The average Bonchev–Trinajstić information content (AvgIpc) is 3.23. The van der Waals surface area contributed by atoms with Gasteiger partial charge in [0.25, 0.3) is 0 Å². The highest BCUT2D eigenvalue weighted by molar-refractivity contribution is 7.98. The molecule has 0 aromatic heterocycles. The van der Waals surface area contributed by atoms with Crippen molar-refractivity contribution < 1.29 is 34.2 Å². The van der Waals surface area contributed by atoms with E-state index in [2.05, 4.69) is 21.3 Å². The monoisotopic (exact) mass is 474 g/mol. The second kappa shape index (κ2) is 13.9. The first-order chi connectivity index (χ1) is 15.0. The van der Waals surface area contributed by atoms with Crippen LogP contribution in [-0.2, 0) is 24.0 Å². The number of rotatable bonds is 14. The van der Waals surface area contributed by atoms with Gasteiger partial charge in [-0.3, -0.25) is 19.2 Å². The van der Waals surface area contributed by atoms with Crippen molar-refractivity contribution in [3.05, 3.63) is 0 Å². The van der Waals surface area contributed by atoms with Gasteiger partial charge in [0, 0.05) is 0 Å². The highest BCUT2D eigenvalue weighted by Gasteiger charge is 2.32. The summed E-state index contributed by atoms with van der Waals surface area (Å²) < 4.78 is 0. The quantitative estimate of drug-likeness (QED) is 0.195. The molecule has 0 radical (unpaired) electrons. The van der Waals surface area contributed by atoms with Crippen molar-refractivity contribution in [3.63, 3.8) is 0 Å². The number of amides is 3. The summed E-state index contributed by atoms with van der Waals surface area (Å²) in [6, 6.07) is -4.04. The van der Waals surface area contributed by atoms with E-state index in [1.807, 2.05) is 20.1 Å². The SMILES string of the molecule is CSCCC(NC(=O)C(CC(C)C)NC(=O)C(CC(=O)O)NC(=O)C1CCCN1)C(=O)O. The maximum absolute atomic E-state index is 12.8. The molecule has 0 bridgehead atoms. The Labute approximate surface area is 191 Å². The second-order valence-electron chi connectivity index (χ2n) is 8.18. The van der Waals surface area contributed by atoms with Crippen molar-refractivity contribution in [2.45, 2.75) is 70.1 Å². The minimum absolute atomic E-state index is 0.0178. The molecule has 4 unspecified atom stereocenters. The van der Waals surface area contributed by atoms with Crippen LogP contribution >= 0.6 is 11.8 Å². The molecule has 11 nitrogen and oxygen atoms in total. The van der Waals surface area contributed by atoms with Gasteiger partial charge in [-0.25, -0.2) is 4.79 Å². The molecule has 3 amide bonds. The van der Waals surface area contributed by atoms with E-state index >= 15 is 0 Å². The van der Waals surface area contributed by atoms with E-state index < -0.39 is 60.2 Å². The molecule has 182 valence electrons. The summed E-state index contributed by atoms with van der Waals surface area (Å²) in [5.41, 5.74) is 0. The summed E-state index contributed by atoms with van der Waals surface area (Å²) in [6.07, 6.45) is 2.98. The van der Waals surface area contributed by atoms with Gasteiger partial charge in [-0.1, -0.05) is 13.8 Å². The molecule has 6 N–H and O–H groups in total. The summed E-state index contributed by atoms with van der Waals surface area (Å²) in [5, 5.41) is 28.9.